The first-order valence-electron chi connectivity index (χ1n) is 10.7. The van der Waals surface area contributed by atoms with Gasteiger partial charge in [-0.2, -0.15) is 0 Å². The molecule has 31 heavy (non-hydrogen) atoms. The highest BCUT2D eigenvalue weighted by atomic mass is 16.5. The van der Waals surface area contributed by atoms with E-state index in [1.54, 1.807) is 18.3 Å². The number of amides is 2. The summed E-state index contributed by atoms with van der Waals surface area (Å²) in [5.74, 6) is 0.733. The minimum Gasteiger partial charge on any atom is -0.489 e. The zero-order chi connectivity index (χ0) is 21.6. The van der Waals surface area contributed by atoms with E-state index in [1.165, 1.54) is 37.1 Å². The number of hydrogen-bond donors (Lipinski definition) is 2. The number of hydrazine groups is 1. The number of carbonyl (C=O) groups excluding carboxylic acids is 2. The summed E-state index contributed by atoms with van der Waals surface area (Å²) in [6.45, 7) is 2.47. The Morgan fingerprint density at radius 2 is 1.97 bits per heavy atom. The standard InChI is InChI=1S/C23H27N5O3/c1-16-9-11-18(12-10-16)28-20(29)14-25-22(27-28)23(30)26-21-19(8-5-13-24-21)31-15-17-6-3-2-4-7-17/h5,8-13,17H,2-4,6-7,14-15H2,1H3,(H,25,27)(H,24,26,30). The van der Waals surface area contributed by atoms with Crippen LogP contribution in [0.2, 0.25) is 0 Å². The van der Waals surface area contributed by atoms with Crippen molar-refractivity contribution in [1.29, 1.82) is 0 Å². The summed E-state index contributed by atoms with van der Waals surface area (Å²) in [5.41, 5.74) is 4.54. The Balaban J connectivity index is 1.42. The van der Waals surface area contributed by atoms with Crippen LogP contribution in [0.5, 0.6) is 5.75 Å². The second-order valence-corrected chi connectivity index (χ2v) is 7.96. The van der Waals surface area contributed by atoms with E-state index in [0.717, 1.165) is 5.56 Å². The monoisotopic (exact) mass is 421 g/mol. The molecule has 1 fully saturated rings. The molecule has 0 atom stereocenters. The van der Waals surface area contributed by atoms with Crippen LogP contribution in [0.25, 0.3) is 0 Å². The first-order valence-corrected chi connectivity index (χ1v) is 10.7. The Morgan fingerprint density at radius 3 is 2.74 bits per heavy atom. The van der Waals surface area contributed by atoms with Crippen molar-refractivity contribution in [3.8, 4) is 5.75 Å². The maximum absolute atomic E-state index is 12.8. The molecule has 1 aromatic heterocycles. The lowest BCUT2D eigenvalue weighted by Gasteiger charge is -2.27. The van der Waals surface area contributed by atoms with Crippen LogP contribution in [-0.2, 0) is 9.59 Å². The smallest absolute Gasteiger partial charge is 0.293 e. The summed E-state index contributed by atoms with van der Waals surface area (Å²) in [4.78, 5) is 33.5. The molecule has 2 N–H and O–H groups in total. The molecular weight excluding hydrogens is 394 g/mol. The molecule has 2 amide bonds. The molecule has 0 saturated heterocycles. The largest absolute Gasteiger partial charge is 0.489 e. The topological polar surface area (TPSA) is 95.9 Å². The fourth-order valence-electron chi connectivity index (χ4n) is 3.78. The van der Waals surface area contributed by atoms with Gasteiger partial charge in [0.05, 0.1) is 12.3 Å². The van der Waals surface area contributed by atoms with Crippen molar-refractivity contribution in [2.45, 2.75) is 39.0 Å². The van der Waals surface area contributed by atoms with Crippen molar-refractivity contribution in [1.82, 2.24) is 10.4 Å². The van der Waals surface area contributed by atoms with E-state index < -0.39 is 5.91 Å². The number of nitrogens with zero attached hydrogens (tertiary/aromatic N) is 3. The van der Waals surface area contributed by atoms with Crippen molar-refractivity contribution in [3.63, 3.8) is 0 Å². The maximum Gasteiger partial charge on any atom is 0.293 e. The number of benzene rings is 1. The Kier molecular flexibility index (Phi) is 6.45. The third-order valence-corrected chi connectivity index (χ3v) is 5.55. The van der Waals surface area contributed by atoms with E-state index in [9.17, 15) is 9.59 Å². The molecule has 4 rings (SSSR count). The lowest BCUT2D eigenvalue weighted by atomic mass is 9.90. The summed E-state index contributed by atoms with van der Waals surface area (Å²) < 4.78 is 5.98. The van der Waals surface area contributed by atoms with E-state index in [1.807, 2.05) is 31.2 Å². The fourth-order valence-corrected chi connectivity index (χ4v) is 3.78. The number of amidine groups is 1. The zero-order valence-electron chi connectivity index (χ0n) is 17.6. The molecular formula is C23H27N5O3. The molecule has 0 spiro atoms. The van der Waals surface area contributed by atoms with Gasteiger partial charge >= 0.3 is 0 Å². The molecule has 1 aromatic carbocycles. The zero-order valence-corrected chi connectivity index (χ0v) is 17.6. The molecule has 2 aliphatic rings. The number of aromatic nitrogens is 1. The number of anilines is 2. The molecule has 2 aromatic rings. The van der Waals surface area contributed by atoms with E-state index in [4.69, 9.17) is 4.74 Å². The van der Waals surface area contributed by atoms with Crippen LogP contribution >= 0.6 is 0 Å². The molecule has 0 bridgehead atoms. The maximum atomic E-state index is 12.8. The van der Waals surface area contributed by atoms with Gasteiger partial charge in [0.2, 0.25) is 5.84 Å². The van der Waals surface area contributed by atoms with Crippen LogP contribution in [0.1, 0.15) is 37.7 Å². The van der Waals surface area contributed by atoms with Crippen molar-refractivity contribution in [2.24, 2.45) is 10.9 Å². The number of ether oxygens (including phenoxy) is 1. The molecule has 1 aliphatic carbocycles. The minimum atomic E-state index is -0.481. The molecule has 1 aliphatic heterocycles. The molecule has 0 radical (unpaired) electrons. The highest BCUT2D eigenvalue weighted by molar-refractivity contribution is 6.43. The van der Waals surface area contributed by atoms with E-state index in [-0.39, 0.29) is 18.3 Å². The van der Waals surface area contributed by atoms with Crippen LogP contribution in [-0.4, -0.2) is 35.8 Å². The Bertz CT molecular complexity index is 967. The third-order valence-electron chi connectivity index (χ3n) is 5.55. The summed E-state index contributed by atoms with van der Waals surface area (Å²) in [6.07, 6.45) is 7.72. The lowest BCUT2D eigenvalue weighted by molar-refractivity contribution is -0.118. The highest BCUT2D eigenvalue weighted by Gasteiger charge is 2.26. The summed E-state index contributed by atoms with van der Waals surface area (Å²) in [7, 11) is 0. The van der Waals surface area contributed by atoms with Gasteiger partial charge in [-0.15, -0.1) is 0 Å². The highest BCUT2D eigenvalue weighted by Crippen LogP contribution is 2.27. The molecule has 162 valence electrons. The first-order chi connectivity index (χ1) is 15.1. The second kappa shape index (κ2) is 9.59. The predicted molar refractivity (Wildman–Crippen MR) is 119 cm³/mol. The van der Waals surface area contributed by atoms with E-state index in [2.05, 4.69) is 20.7 Å². The van der Waals surface area contributed by atoms with Gasteiger partial charge in [-0.1, -0.05) is 37.0 Å². The molecule has 8 nitrogen and oxygen atoms in total. The van der Waals surface area contributed by atoms with Crippen molar-refractivity contribution in [2.75, 3.05) is 23.5 Å². The number of nitrogens with one attached hydrogen (secondary N) is 2. The summed E-state index contributed by atoms with van der Waals surface area (Å²) >= 11 is 0. The van der Waals surface area contributed by atoms with Gasteiger partial charge in [-0.05, 0) is 49.9 Å². The molecule has 1 saturated carbocycles. The number of aryl methyl sites for hydroxylation is 1. The Hall–Kier alpha value is -3.42. The fraction of sp³-hybridized carbons (Fsp3) is 0.391. The van der Waals surface area contributed by atoms with Crippen LogP contribution < -0.4 is 20.5 Å². The van der Waals surface area contributed by atoms with Gasteiger partial charge in [0.15, 0.2) is 11.6 Å². The Morgan fingerprint density at radius 1 is 1.19 bits per heavy atom. The van der Waals surface area contributed by atoms with E-state index >= 15 is 0 Å². The van der Waals surface area contributed by atoms with Crippen LogP contribution in [0, 0.1) is 12.8 Å². The molecule has 2 heterocycles. The van der Waals surface area contributed by atoms with Crippen LogP contribution in [0.15, 0.2) is 47.6 Å². The molecule has 0 unspecified atom stereocenters. The average Bonchev–Trinajstić information content (AvgIpc) is 2.80. The Labute approximate surface area is 181 Å². The number of hydrogen-bond acceptors (Lipinski definition) is 6. The van der Waals surface area contributed by atoms with Gasteiger partial charge < -0.3 is 10.1 Å². The number of aliphatic imine (C=N–C) groups is 1. The SMILES string of the molecule is Cc1ccc(N2NC(C(=O)Nc3ncccc3OCC3CCCCC3)=NCC2=O)cc1. The quantitative estimate of drug-likeness (QED) is 0.747. The first kappa shape index (κ1) is 20.8. The van der Waals surface area contributed by atoms with Crippen LogP contribution in [0.3, 0.4) is 0 Å². The van der Waals surface area contributed by atoms with Crippen molar-refractivity contribution in [3.05, 3.63) is 48.2 Å². The number of carbonyl (C=O) groups is 2. The normalized spacial score (nSPS) is 17.0. The number of rotatable bonds is 6. The van der Waals surface area contributed by atoms with Gasteiger partial charge in [-0.25, -0.2) is 9.99 Å². The minimum absolute atomic E-state index is 0.0454. The van der Waals surface area contributed by atoms with Gasteiger partial charge in [-0.3, -0.25) is 20.0 Å². The predicted octanol–water partition coefficient (Wildman–Crippen LogP) is 3.24. The van der Waals surface area contributed by atoms with Crippen LogP contribution in [0.4, 0.5) is 11.5 Å². The number of pyridine rings is 1. The second-order valence-electron chi connectivity index (χ2n) is 7.96. The molecule has 8 heteroatoms. The summed E-state index contributed by atoms with van der Waals surface area (Å²) in [6, 6.07) is 11.0. The van der Waals surface area contributed by atoms with Crippen molar-refractivity contribution < 1.29 is 14.3 Å². The summed E-state index contributed by atoms with van der Waals surface area (Å²) in [5, 5.41) is 4.09. The van der Waals surface area contributed by atoms with Gasteiger partial charge in [0, 0.05) is 6.20 Å². The van der Waals surface area contributed by atoms with Gasteiger partial charge in [0.1, 0.15) is 6.54 Å². The average molecular weight is 422 g/mol. The third kappa shape index (κ3) is 5.20. The lowest BCUT2D eigenvalue weighted by Crippen LogP contribution is -2.54. The van der Waals surface area contributed by atoms with Gasteiger partial charge in [0.25, 0.3) is 11.8 Å². The van der Waals surface area contributed by atoms with E-state index in [0.29, 0.717) is 29.8 Å². The van der Waals surface area contributed by atoms with Crippen molar-refractivity contribution >= 4 is 29.2 Å².